The van der Waals surface area contributed by atoms with Gasteiger partial charge in [-0.1, -0.05) is 6.07 Å². The van der Waals surface area contributed by atoms with Gasteiger partial charge in [0.1, 0.15) is 5.82 Å². The van der Waals surface area contributed by atoms with Crippen molar-refractivity contribution in [3.05, 3.63) is 42.1 Å². The molecule has 3 heterocycles. The van der Waals surface area contributed by atoms with Crippen molar-refractivity contribution in [1.29, 1.82) is 0 Å². The number of nitrogens with two attached hydrogens (primary N) is 1. The van der Waals surface area contributed by atoms with Crippen molar-refractivity contribution in [2.45, 2.75) is 18.9 Å². The van der Waals surface area contributed by atoms with Crippen LogP contribution in [0.3, 0.4) is 0 Å². The van der Waals surface area contributed by atoms with Gasteiger partial charge < -0.3 is 4.57 Å². The molecular weight excluding hydrogens is 319 g/mol. The van der Waals surface area contributed by atoms with Crippen molar-refractivity contribution in [3.8, 4) is 11.3 Å². The SMILES string of the molecule is NS(=O)(=O)N1CCC([C@@H]2c3ccc(F)cc3-c3cncn32)CC1. The first-order valence-electron chi connectivity index (χ1n) is 7.54. The molecular formula is C15H17FN4O2S. The third-order valence-corrected chi connectivity index (χ3v) is 5.97. The number of piperidine rings is 1. The highest BCUT2D eigenvalue weighted by Gasteiger charge is 2.37. The van der Waals surface area contributed by atoms with Gasteiger partial charge in [0.2, 0.25) is 0 Å². The quantitative estimate of drug-likeness (QED) is 0.902. The molecule has 2 aliphatic rings. The molecule has 1 aromatic carbocycles. The number of rotatable bonds is 2. The summed E-state index contributed by atoms with van der Waals surface area (Å²) < 4.78 is 39.9. The standard InChI is InChI=1S/C15H17FN4O2S/c16-11-1-2-12-13(7-11)14-8-18-9-20(14)15(12)10-3-5-19(6-4-10)23(17,21)22/h1-2,7-10,15H,3-6H2,(H2,17,21,22)/t15-/m1/s1. The van der Waals surface area contributed by atoms with Crippen molar-refractivity contribution in [2.24, 2.45) is 11.1 Å². The smallest absolute Gasteiger partial charge is 0.276 e. The third kappa shape index (κ3) is 2.37. The van der Waals surface area contributed by atoms with Crippen molar-refractivity contribution in [3.63, 3.8) is 0 Å². The lowest BCUT2D eigenvalue weighted by Gasteiger charge is -2.34. The van der Waals surface area contributed by atoms with E-state index >= 15 is 0 Å². The van der Waals surface area contributed by atoms with E-state index in [0.717, 1.165) is 29.7 Å². The Morgan fingerprint density at radius 1 is 1.26 bits per heavy atom. The summed E-state index contributed by atoms with van der Waals surface area (Å²) in [6.45, 7) is 0.834. The lowest BCUT2D eigenvalue weighted by Crippen LogP contribution is -2.43. The van der Waals surface area contributed by atoms with Crippen LogP contribution in [0.5, 0.6) is 0 Å². The molecule has 122 valence electrons. The van der Waals surface area contributed by atoms with Crippen LogP contribution in [-0.4, -0.2) is 35.4 Å². The molecule has 23 heavy (non-hydrogen) atoms. The van der Waals surface area contributed by atoms with Crippen LogP contribution in [0.4, 0.5) is 4.39 Å². The number of hydrogen-bond donors (Lipinski definition) is 1. The summed E-state index contributed by atoms with van der Waals surface area (Å²) in [5.41, 5.74) is 2.87. The average molecular weight is 336 g/mol. The van der Waals surface area contributed by atoms with E-state index in [1.54, 1.807) is 18.6 Å². The molecule has 0 spiro atoms. The minimum absolute atomic E-state index is 0.0747. The van der Waals surface area contributed by atoms with E-state index in [1.807, 2.05) is 6.07 Å². The molecule has 0 bridgehead atoms. The van der Waals surface area contributed by atoms with E-state index in [-0.39, 0.29) is 17.8 Å². The molecule has 2 aromatic rings. The highest BCUT2D eigenvalue weighted by Crippen LogP contribution is 2.45. The molecule has 1 fully saturated rings. The normalized spacial score (nSPS) is 22.1. The molecule has 1 atom stereocenters. The average Bonchev–Trinajstić information content (AvgIpc) is 3.07. The maximum absolute atomic E-state index is 13.6. The Hall–Kier alpha value is -1.77. The van der Waals surface area contributed by atoms with Crippen LogP contribution in [0.2, 0.25) is 0 Å². The Kier molecular flexibility index (Phi) is 3.29. The van der Waals surface area contributed by atoms with Gasteiger partial charge in [0, 0.05) is 18.7 Å². The van der Waals surface area contributed by atoms with Crippen LogP contribution in [0.25, 0.3) is 11.3 Å². The minimum Gasteiger partial charge on any atom is -0.323 e. The van der Waals surface area contributed by atoms with Gasteiger partial charge in [-0.05, 0) is 36.5 Å². The predicted molar refractivity (Wildman–Crippen MR) is 83.2 cm³/mol. The Labute approximate surface area is 133 Å². The summed E-state index contributed by atoms with van der Waals surface area (Å²) >= 11 is 0. The van der Waals surface area contributed by atoms with Gasteiger partial charge in [-0.25, -0.2) is 14.5 Å². The van der Waals surface area contributed by atoms with E-state index in [2.05, 4.69) is 9.55 Å². The van der Waals surface area contributed by atoms with Crippen LogP contribution in [-0.2, 0) is 10.2 Å². The summed E-state index contributed by atoms with van der Waals surface area (Å²) in [7, 11) is -3.62. The van der Waals surface area contributed by atoms with Gasteiger partial charge in [0.25, 0.3) is 10.2 Å². The number of fused-ring (bicyclic) bond motifs is 3. The third-order valence-electron chi connectivity index (χ3n) is 4.88. The van der Waals surface area contributed by atoms with Gasteiger partial charge in [0.05, 0.1) is 24.3 Å². The van der Waals surface area contributed by atoms with Crippen molar-refractivity contribution < 1.29 is 12.8 Å². The second kappa shape index (κ2) is 5.12. The molecule has 0 saturated carbocycles. The van der Waals surface area contributed by atoms with Crippen LogP contribution >= 0.6 is 0 Å². The molecule has 1 saturated heterocycles. The van der Waals surface area contributed by atoms with Gasteiger partial charge in [-0.3, -0.25) is 0 Å². The Bertz CT molecular complexity index is 856. The molecule has 0 amide bonds. The number of hydrogen-bond acceptors (Lipinski definition) is 3. The maximum Gasteiger partial charge on any atom is 0.276 e. The highest BCUT2D eigenvalue weighted by molar-refractivity contribution is 7.86. The van der Waals surface area contributed by atoms with E-state index in [9.17, 15) is 12.8 Å². The minimum atomic E-state index is -3.62. The van der Waals surface area contributed by atoms with Crippen LogP contribution in [0.1, 0.15) is 24.4 Å². The summed E-state index contributed by atoms with van der Waals surface area (Å²) in [6, 6.07) is 4.92. The zero-order valence-corrected chi connectivity index (χ0v) is 13.2. The second-order valence-corrected chi connectivity index (χ2v) is 7.69. The van der Waals surface area contributed by atoms with Gasteiger partial charge >= 0.3 is 0 Å². The molecule has 2 N–H and O–H groups in total. The van der Waals surface area contributed by atoms with E-state index in [1.165, 1.54) is 10.4 Å². The first-order valence-corrected chi connectivity index (χ1v) is 9.05. The van der Waals surface area contributed by atoms with E-state index in [0.29, 0.717) is 13.1 Å². The molecule has 0 unspecified atom stereocenters. The largest absolute Gasteiger partial charge is 0.323 e. The van der Waals surface area contributed by atoms with Crippen molar-refractivity contribution in [2.75, 3.05) is 13.1 Å². The lowest BCUT2D eigenvalue weighted by atomic mass is 9.86. The topological polar surface area (TPSA) is 81.2 Å². The number of benzene rings is 1. The number of imidazole rings is 1. The van der Waals surface area contributed by atoms with Crippen LogP contribution in [0.15, 0.2) is 30.7 Å². The summed E-state index contributed by atoms with van der Waals surface area (Å²) in [4.78, 5) is 4.19. The van der Waals surface area contributed by atoms with Crippen molar-refractivity contribution >= 4 is 10.2 Å². The van der Waals surface area contributed by atoms with Gasteiger partial charge in [0.15, 0.2) is 0 Å². The summed E-state index contributed by atoms with van der Waals surface area (Å²) in [6.07, 6.45) is 4.95. The van der Waals surface area contributed by atoms with Gasteiger partial charge in [-0.2, -0.15) is 12.7 Å². The Morgan fingerprint density at radius 3 is 2.70 bits per heavy atom. The number of halogens is 1. The zero-order chi connectivity index (χ0) is 16.2. The molecule has 4 rings (SSSR count). The molecule has 8 heteroatoms. The van der Waals surface area contributed by atoms with Crippen LogP contribution in [0, 0.1) is 11.7 Å². The van der Waals surface area contributed by atoms with Crippen molar-refractivity contribution in [1.82, 2.24) is 13.9 Å². The Morgan fingerprint density at radius 2 is 2.00 bits per heavy atom. The predicted octanol–water partition coefficient (Wildman–Crippen LogP) is 1.51. The molecule has 6 nitrogen and oxygen atoms in total. The first-order chi connectivity index (χ1) is 10.9. The Balaban J connectivity index is 1.66. The highest BCUT2D eigenvalue weighted by atomic mass is 32.2. The van der Waals surface area contributed by atoms with Crippen LogP contribution < -0.4 is 5.14 Å². The van der Waals surface area contributed by atoms with Gasteiger partial charge in [-0.15, -0.1) is 0 Å². The fourth-order valence-corrected chi connectivity index (χ4v) is 4.54. The molecule has 0 radical (unpaired) electrons. The number of aromatic nitrogens is 2. The fourth-order valence-electron chi connectivity index (χ4n) is 3.82. The summed E-state index contributed by atoms with van der Waals surface area (Å²) in [5, 5.41) is 5.20. The first kappa shape index (κ1) is 14.8. The number of nitrogens with zero attached hydrogens (tertiary/aromatic N) is 3. The van der Waals surface area contributed by atoms with E-state index in [4.69, 9.17) is 5.14 Å². The fraction of sp³-hybridized carbons (Fsp3) is 0.400. The van der Waals surface area contributed by atoms with E-state index < -0.39 is 10.2 Å². The maximum atomic E-state index is 13.6. The molecule has 2 aliphatic heterocycles. The zero-order valence-electron chi connectivity index (χ0n) is 12.4. The second-order valence-electron chi connectivity index (χ2n) is 6.14. The molecule has 0 aliphatic carbocycles. The monoisotopic (exact) mass is 336 g/mol. The molecule has 1 aromatic heterocycles. The summed E-state index contributed by atoms with van der Waals surface area (Å²) in [5.74, 6) is 0.00820. The lowest BCUT2D eigenvalue weighted by molar-refractivity contribution is 0.232.